The van der Waals surface area contributed by atoms with Gasteiger partial charge in [-0.2, -0.15) is 4.68 Å². The molecule has 0 fully saturated rings. The Balaban J connectivity index is 2.19. The van der Waals surface area contributed by atoms with Gasteiger partial charge in [0.25, 0.3) is 0 Å². The number of benzene rings is 1. The lowest BCUT2D eigenvalue weighted by Gasteiger charge is -2.26. The first-order valence-electron chi connectivity index (χ1n) is 5.64. The van der Waals surface area contributed by atoms with Gasteiger partial charge in [0.05, 0.1) is 5.54 Å². The zero-order valence-electron chi connectivity index (χ0n) is 10.6. The number of anilines is 1. The van der Waals surface area contributed by atoms with Crippen LogP contribution < -0.4 is 11.1 Å². The number of hydrogen-bond acceptors (Lipinski definition) is 4. The fraction of sp³-hybridized carbons (Fsp3) is 0.250. The number of halogens is 1. The van der Waals surface area contributed by atoms with Crippen LogP contribution in [0.4, 0.5) is 15.1 Å². The maximum absolute atomic E-state index is 13.2. The van der Waals surface area contributed by atoms with Crippen LogP contribution in [0.15, 0.2) is 30.6 Å². The van der Waals surface area contributed by atoms with Crippen LogP contribution in [0.1, 0.15) is 19.4 Å². The Morgan fingerprint density at radius 1 is 1.47 bits per heavy atom. The van der Waals surface area contributed by atoms with Crippen molar-refractivity contribution in [3.8, 4) is 0 Å². The third-order valence-electron chi connectivity index (χ3n) is 2.68. The SMILES string of the molecule is CC(C)(NC(=O)n1cnc(N)n1)c1cccc(F)c1. The Labute approximate surface area is 109 Å². The van der Waals surface area contributed by atoms with E-state index < -0.39 is 11.6 Å². The highest BCUT2D eigenvalue weighted by Crippen LogP contribution is 2.20. The van der Waals surface area contributed by atoms with Crippen LogP contribution in [0, 0.1) is 5.82 Å². The summed E-state index contributed by atoms with van der Waals surface area (Å²) >= 11 is 0. The van der Waals surface area contributed by atoms with Crippen LogP contribution in [-0.2, 0) is 5.54 Å². The van der Waals surface area contributed by atoms with Crippen molar-refractivity contribution in [2.24, 2.45) is 0 Å². The van der Waals surface area contributed by atoms with Crippen LogP contribution in [0.25, 0.3) is 0 Å². The number of nitrogens with one attached hydrogen (secondary N) is 1. The van der Waals surface area contributed by atoms with Crippen molar-refractivity contribution in [3.05, 3.63) is 42.0 Å². The van der Waals surface area contributed by atoms with E-state index in [0.29, 0.717) is 5.56 Å². The Hall–Kier alpha value is -2.44. The number of nitrogens with zero attached hydrogens (tertiary/aromatic N) is 3. The third-order valence-corrected chi connectivity index (χ3v) is 2.68. The van der Waals surface area contributed by atoms with E-state index in [1.807, 2.05) is 0 Å². The second-order valence-electron chi connectivity index (χ2n) is 4.61. The first-order valence-corrected chi connectivity index (χ1v) is 5.64. The molecule has 2 rings (SSSR count). The second-order valence-corrected chi connectivity index (χ2v) is 4.61. The molecular formula is C12H14FN5O. The molecule has 0 saturated heterocycles. The number of nitrogen functional groups attached to an aromatic ring is 1. The van der Waals surface area contributed by atoms with Gasteiger partial charge in [0.1, 0.15) is 12.1 Å². The number of carbonyl (C=O) groups excluding carboxylic acids is 1. The molecule has 0 aliphatic rings. The maximum Gasteiger partial charge on any atom is 0.344 e. The van der Waals surface area contributed by atoms with E-state index in [2.05, 4.69) is 15.4 Å². The lowest BCUT2D eigenvalue weighted by molar-refractivity contribution is 0.228. The Morgan fingerprint density at radius 2 is 2.21 bits per heavy atom. The minimum Gasteiger partial charge on any atom is -0.366 e. The number of carbonyl (C=O) groups is 1. The number of hydrogen-bond donors (Lipinski definition) is 2. The smallest absolute Gasteiger partial charge is 0.344 e. The van der Waals surface area contributed by atoms with E-state index in [9.17, 15) is 9.18 Å². The predicted molar refractivity (Wildman–Crippen MR) is 67.8 cm³/mol. The molecule has 100 valence electrons. The molecule has 0 radical (unpaired) electrons. The molecule has 0 saturated carbocycles. The summed E-state index contributed by atoms with van der Waals surface area (Å²) in [7, 11) is 0. The van der Waals surface area contributed by atoms with Gasteiger partial charge in [-0.05, 0) is 31.5 Å². The monoisotopic (exact) mass is 263 g/mol. The molecule has 0 unspecified atom stereocenters. The molecule has 1 heterocycles. The van der Waals surface area contributed by atoms with Crippen LogP contribution in [0.5, 0.6) is 0 Å². The topological polar surface area (TPSA) is 85.8 Å². The standard InChI is InChI=1S/C12H14FN5O/c1-12(2,8-4-3-5-9(13)6-8)16-11(19)18-7-15-10(14)17-18/h3-7H,1-2H3,(H2,14,17)(H,16,19). The summed E-state index contributed by atoms with van der Waals surface area (Å²) in [5, 5.41) is 6.43. The van der Waals surface area contributed by atoms with Crippen molar-refractivity contribution in [3.63, 3.8) is 0 Å². The summed E-state index contributed by atoms with van der Waals surface area (Å²) < 4.78 is 14.2. The molecule has 0 aliphatic carbocycles. The van der Waals surface area contributed by atoms with Crippen LogP contribution >= 0.6 is 0 Å². The lowest BCUT2D eigenvalue weighted by Crippen LogP contribution is -2.43. The fourth-order valence-corrected chi connectivity index (χ4v) is 1.65. The molecule has 7 heteroatoms. The van der Waals surface area contributed by atoms with Crippen molar-refractivity contribution < 1.29 is 9.18 Å². The van der Waals surface area contributed by atoms with Gasteiger partial charge in [-0.3, -0.25) is 0 Å². The molecule has 0 spiro atoms. The minimum absolute atomic E-state index is 0.0127. The fourth-order valence-electron chi connectivity index (χ4n) is 1.65. The van der Waals surface area contributed by atoms with Gasteiger partial charge >= 0.3 is 6.03 Å². The van der Waals surface area contributed by atoms with E-state index >= 15 is 0 Å². The van der Waals surface area contributed by atoms with E-state index in [4.69, 9.17) is 5.73 Å². The van der Waals surface area contributed by atoms with Crippen molar-refractivity contribution in [1.82, 2.24) is 20.1 Å². The van der Waals surface area contributed by atoms with Crippen LogP contribution in [-0.4, -0.2) is 20.8 Å². The number of aromatic nitrogens is 3. The van der Waals surface area contributed by atoms with Crippen molar-refractivity contribution in [2.75, 3.05) is 5.73 Å². The zero-order chi connectivity index (χ0) is 14.0. The van der Waals surface area contributed by atoms with Gasteiger partial charge in [0.15, 0.2) is 0 Å². The Bertz CT molecular complexity index is 608. The highest BCUT2D eigenvalue weighted by molar-refractivity contribution is 5.76. The normalized spacial score (nSPS) is 11.3. The van der Waals surface area contributed by atoms with Gasteiger partial charge < -0.3 is 11.1 Å². The highest BCUT2D eigenvalue weighted by atomic mass is 19.1. The van der Waals surface area contributed by atoms with E-state index in [1.165, 1.54) is 18.5 Å². The van der Waals surface area contributed by atoms with Crippen molar-refractivity contribution in [1.29, 1.82) is 0 Å². The first kappa shape index (κ1) is 13.0. The number of rotatable bonds is 2. The molecule has 2 aromatic rings. The number of amides is 1. The van der Waals surface area contributed by atoms with Gasteiger partial charge in [-0.25, -0.2) is 14.2 Å². The summed E-state index contributed by atoms with van der Waals surface area (Å²) in [6, 6.07) is 5.55. The van der Waals surface area contributed by atoms with Crippen molar-refractivity contribution in [2.45, 2.75) is 19.4 Å². The molecule has 3 N–H and O–H groups in total. The summed E-state index contributed by atoms with van der Waals surface area (Å²) in [6.07, 6.45) is 1.21. The molecule has 1 amide bonds. The molecule has 0 atom stereocenters. The number of nitrogens with two attached hydrogens (primary N) is 1. The summed E-state index contributed by atoms with van der Waals surface area (Å²) in [5.74, 6) is -0.344. The minimum atomic E-state index is -0.750. The average Bonchev–Trinajstić information content (AvgIpc) is 2.75. The van der Waals surface area contributed by atoms with Gasteiger partial charge in [-0.15, -0.1) is 5.10 Å². The third kappa shape index (κ3) is 2.87. The molecule has 1 aromatic carbocycles. The Kier molecular flexibility index (Phi) is 3.20. The van der Waals surface area contributed by atoms with E-state index in [0.717, 1.165) is 4.68 Å². The second kappa shape index (κ2) is 4.68. The highest BCUT2D eigenvalue weighted by Gasteiger charge is 2.24. The summed E-state index contributed by atoms with van der Waals surface area (Å²) in [5.41, 5.74) is 5.24. The average molecular weight is 263 g/mol. The summed E-state index contributed by atoms with van der Waals surface area (Å²) in [6.45, 7) is 3.53. The molecule has 19 heavy (non-hydrogen) atoms. The zero-order valence-corrected chi connectivity index (χ0v) is 10.6. The Morgan fingerprint density at radius 3 is 2.79 bits per heavy atom. The van der Waals surface area contributed by atoms with E-state index in [1.54, 1.807) is 26.0 Å². The van der Waals surface area contributed by atoms with Gasteiger partial charge in [-0.1, -0.05) is 12.1 Å². The largest absolute Gasteiger partial charge is 0.366 e. The summed E-state index contributed by atoms with van der Waals surface area (Å²) in [4.78, 5) is 15.6. The molecule has 6 nitrogen and oxygen atoms in total. The van der Waals surface area contributed by atoms with Crippen LogP contribution in [0.2, 0.25) is 0 Å². The molecular weight excluding hydrogens is 249 g/mol. The van der Waals surface area contributed by atoms with Gasteiger partial charge in [0.2, 0.25) is 5.95 Å². The van der Waals surface area contributed by atoms with Gasteiger partial charge in [0, 0.05) is 0 Å². The first-order chi connectivity index (χ1) is 8.88. The quantitative estimate of drug-likeness (QED) is 0.859. The predicted octanol–water partition coefficient (Wildman–Crippen LogP) is 1.49. The lowest BCUT2D eigenvalue weighted by atomic mass is 9.94. The molecule has 0 aliphatic heterocycles. The van der Waals surface area contributed by atoms with Crippen LogP contribution in [0.3, 0.4) is 0 Å². The molecule has 0 bridgehead atoms. The molecule has 1 aromatic heterocycles. The maximum atomic E-state index is 13.2. The van der Waals surface area contributed by atoms with E-state index in [-0.39, 0.29) is 11.8 Å². The van der Waals surface area contributed by atoms with Crippen molar-refractivity contribution >= 4 is 12.0 Å².